The Kier molecular flexibility index (Phi) is 6.33. The second-order valence-electron chi connectivity index (χ2n) is 7.37. The van der Waals surface area contributed by atoms with Crippen LogP contribution in [-0.2, 0) is 4.79 Å². The van der Waals surface area contributed by atoms with Crippen LogP contribution in [0.15, 0.2) is 46.9 Å². The van der Waals surface area contributed by atoms with Crippen molar-refractivity contribution in [2.24, 2.45) is 0 Å². The summed E-state index contributed by atoms with van der Waals surface area (Å²) in [4.78, 5) is 17.1. The largest absolute Gasteiger partial charge is 0.481 e. The normalized spacial score (nSPS) is 11.1. The molecule has 0 radical (unpaired) electrons. The highest BCUT2D eigenvalue weighted by atomic mass is 35.5. The summed E-state index contributed by atoms with van der Waals surface area (Å²) >= 11 is 18.9. The van der Waals surface area contributed by atoms with Crippen LogP contribution in [0.2, 0.25) is 15.1 Å². The fourth-order valence-corrected chi connectivity index (χ4v) is 4.07. The maximum Gasteiger partial charge on any atom is 0.262 e. The minimum absolute atomic E-state index is 0.236. The van der Waals surface area contributed by atoms with Crippen molar-refractivity contribution < 1.29 is 13.9 Å². The standard InChI is InChI=1S/C24H19Cl3N2O3/c1-12-8-9-15(24-29-16-6-4-5-7-18(16)32-24)10-17(12)28-19(30)11-31-23-21(26)13(2)20(25)14(3)22(23)27/h4-10H,11H2,1-3H3,(H,28,30). The fraction of sp³-hybridized carbons (Fsp3) is 0.167. The van der Waals surface area contributed by atoms with Crippen LogP contribution in [0.3, 0.4) is 0 Å². The van der Waals surface area contributed by atoms with Gasteiger partial charge in [-0.2, -0.15) is 0 Å². The number of para-hydroxylation sites is 2. The maximum absolute atomic E-state index is 12.6. The lowest BCUT2D eigenvalue weighted by molar-refractivity contribution is -0.118. The van der Waals surface area contributed by atoms with E-state index in [2.05, 4.69) is 10.3 Å². The third-order valence-corrected chi connectivity index (χ3v) is 6.59. The van der Waals surface area contributed by atoms with Gasteiger partial charge in [-0.05, 0) is 61.7 Å². The van der Waals surface area contributed by atoms with E-state index < -0.39 is 0 Å². The van der Waals surface area contributed by atoms with Crippen LogP contribution in [0.25, 0.3) is 22.6 Å². The first-order chi connectivity index (χ1) is 15.3. The minimum Gasteiger partial charge on any atom is -0.481 e. The highest BCUT2D eigenvalue weighted by Gasteiger charge is 2.19. The Morgan fingerprint density at radius 1 is 1.00 bits per heavy atom. The van der Waals surface area contributed by atoms with Crippen LogP contribution < -0.4 is 10.1 Å². The number of amides is 1. The molecule has 0 aliphatic carbocycles. The molecule has 4 aromatic rings. The Hall–Kier alpha value is -2.73. The third-order valence-electron chi connectivity index (χ3n) is 5.12. The fourth-order valence-electron chi connectivity index (χ4n) is 3.25. The van der Waals surface area contributed by atoms with Gasteiger partial charge in [-0.15, -0.1) is 0 Å². The van der Waals surface area contributed by atoms with Gasteiger partial charge in [-0.3, -0.25) is 4.79 Å². The lowest BCUT2D eigenvalue weighted by Gasteiger charge is -2.16. The van der Waals surface area contributed by atoms with Crippen LogP contribution in [0, 0.1) is 20.8 Å². The number of fused-ring (bicyclic) bond motifs is 1. The van der Waals surface area contributed by atoms with Crippen molar-refractivity contribution in [1.82, 2.24) is 4.98 Å². The topological polar surface area (TPSA) is 64.4 Å². The van der Waals surface area contributed by atoms with E-state index in [4.69, 9.17) is 44.0 Å². The number of anilines is 1. The molecule has 0 saturated carbocycles. The first-order valence-corrected chi connectivity index (χ1v) is 10.9. The number of ether oxygens (including phenoxy) is 1. The number of benzene rings is 3. The summed E-state index contributed by atoms with van der Waals surface area (Å²) in [6, 6.07) is 13.1. The average molecular weight is 490 g/mol. The summed E-state index contributed by atoms with van der Waals surface area (Å²) in [5.41, 5.74) is 5.01. The van der Waals surface area contributed by atoms with Crippen molar-refractivity contribution in [1.29, 1.82) is 0 Å². The summed E-state index contributed by atoms with van der Waals surface area (Å²) in [7, 11) is 0. The maximum atomic E-state index is 12.6. The molecule has 5 nitrogen and oxygen atoms in total. The molecule has 0 spiro atoms. The average Bonchev–Trinajstić information content (AvgIpc) is 3.22. The van der Waals surface area contributed by atoms with Gasteiger partial charge in [0, 0.05) is 16.3 Å². The van der Waals surface area contributed by atoms with Gasteiger partial charge in [0.1, 0.15) is 5.52 Å². The van der Waals surface area contributed by atoms with Gasteiger partial charge >= 0.3 is 0 Å². The van der Waals surface area contributed by atoms with E-state index in [0.29, 0.717) is 33.3 Å². The zero-order valence-corrected chi connectivity index (χ0v) is 19.8. The molecule has 8 heteroatoms. The Labute approximate surface area is 200 Å². The van der Waals surface area contributed by atoms with Gasteiger partial charge in [0.2, 0.25) is 5.89 Å². The number of oxazole rings is 1. The predicted octanol–water partition coefficient (Wildman–Crippen LogP) is 7.40. The minimum atomic E-state index is -0.361. The molecule has 0 atom stereocenters. The number of nitrogens with zero attached hydrogens (tertiary/aromatic N) is 1. The van der Waals surface area contributed by atoms with Crippen LogP contribution in [0.4, 0.5) is 5.69 Å². The SMILES string of the molecule is Cc1ccc(-c2nc3ccccc3o2)cc1NC(=O)COc1c(Cl)c(C)c(Cl)c(C)c1Cl. The molecule has 0 aliphatic heterocycles. The van der Waals surface area contributed by atoms with Gasteiger partial charge in [-0.25, -0.2) is 4.98 Å². The molecule has 1 heterocycles. The van der Waals surface area contributed by atoms with E-state index in [9.17, 15) is 4.79 Å². The highest BCUT2D eigenvalue weighted by molar-refractivity contribution is 6.42. The number of rotatable bonds is 5. The zero-order chi connectivity index (χ0) is 23.0. The number of halogens is 3. The predicted molar refractivity (Wildman–Crippen MR) is 129 cm³/mol. The van der Waals surface area contributed by atoms with E-state index in [1.807, 2.05) is 49.4 Å². The first-order valence-electron chi connectivity index (χ1n) is 9.79. The van der Waals surface area contributed by atoms with Crippen LogP contribution in [0.5, 0.6) is 5.75 Å². The van der Waals surface area contributed by atoms with Gasteiger partial charge < -0.3 is 14.5 Å². The number of carbonyl (C=O) groups excluding carboxylic acids is 1. The number of nitrogens with one attached hydrogen (secondary N) is 1. The molecule has 3 aromatic carbocycles. The number of carbonyl (C=O) groups is 1. The van der Waals surface area contributed by atoms with Gasteiger partial charge in [-0.1, -0.05) is 53.0 Å². The van der Waals surface area contributed by atoms with E-state index >= 15 is 0 Å². The number of aromatic nitrogens is 1. The quantitative estimate of drug-likeness (QED) is 0.317. The third kappa shape index (κ3) is 4.29. The highest BCUT2D eigenvalue weighted by Crippen LogP contribution is 2.42. The molecule has 164 valence electrons. The number of aryl methyl sites for hydroxylation is 1. The van der Waals surface area contributed by atoms with E-state index in [1.54, 1.807) is 13.8 Å². The van der Waals surface area contributed by atoms with E-state index in [0.717, 1.165) is 16.6 Å². The number of hydrogen-bond donors (Lipinski definition) is 1. The molecule has 0 saturated heterocycles. The van der Waals surface area contributed by atoms with Crippen molar-refractivity contribution in [3.63, 3.8) is 0 Å². The Morgan fingerprint density at radius 3 is 2.38 bits per heavy atom. The van der Waals surface area contributed by atoms with Crippen molar-refractivity contribution in [3.05, 3.63) is 74.2 Å². The second-order valence-corrected chi connectivity index (χ2v) is 8.51. The molecule has 0 aliphatic rings. The lowest BCUT2D eigenvalue weighted by atomic mass is 10.1. The van der Waals surface area contributed by atoms with Crippen LogP contribution in [-0.4, -0.2) is 17.5 Å². The molecule has 0 bridgehead atoms. The monoisotopic (exact) mass is 488 g/mol. The van der Waals surface area contributed by atoms with Crippen molar-refractivity contribution in [3.8, 4) is 17.2 Å². The first kappa shape index (κ1) is 22.5. The molecule has 0 fully saturated rings. The summed E-state index contributed by atoms with van der Waals surface area (Å²) in [6.45, 7) is 5.16. The molecule has 1 N–H and O–H groups in total. The lowest BCUT2D eigenvalue weighted by Crippen LogP contribution is -2.21. The number of hydrogen-bond acceptors (Lipinski definition) is 4. The summed E-state index contributed by atoms with van der Waals surface area (Å²) in [5.74, 6) is 0.351. The van der Waals surface area contributed by atoms with Crippen molar-refractivity contribution in [2.75, 3.05) is 11.9 Å². The summed E-state index contributed by atoms with van der Waals surface area (Å²) in [6.07, 6.45) is 0. The molecule has 1 amide bonds. The molecule has 32 heavy (non-hydrogen) atoms. The Balaban J connectivity index is 1.52. The van der Waals surface area contributed by atoms with E-state index in [-0.39, 0.29) is 28.3 Å². The molecule has 4 rings (SSSR count). The second kappa shape index (κ2) is 9.02. The van der Waals surface area contributed by atoms with E-state index in [1.165, 1.54) is 0 Å². The Bertz CT molecular complexity index is 1290. The van der Waals surface area contributed by atoms with Crippen LogP contribution in [0.1, 0.15) is 16.7 Å². The summed E-state index contributed by atoms with van der Waals surface area (Å²) in [5, 5.41) is 3.90. The van der Waals surface area contributed by atoms with Crippen LogP contribution >= 0.6 is 34.8 Å². The van der Waals surface area contributed by atoms with Gasteiger partial charge in [0.05, 0.1) is 10.0 Å². The smallest absolute Gasteiger partial charge is 0.262 e. The zero-order valence-electron chi connectivity index (χ0n) is 17.6. The molecular formula is C24H19Cl3N2O3. The summed E-state index contributed by atoms with van der Waals surface area (Å²) < 4.78 is 11.5. The van der Waals surface area contributed by atoms with Gasteiger partial charge in [0.25, 0.3) is 5.91 Å². The Morgan fingerprint density at radius 2 is 1.69 bits per heavy atom. The van der Waals surface area contributed by atoms with Gasteiger partial charge in [0.15, 0.2) is 17.9 Å². The molecule has 0 unspecified atom stereocenters. The molecular weight excluding hydrogens is 471 g/mol. The molecule has 1 aromatic heterocycles. The van der Waals surface area contributed by atoms with Crippen molar-refractivity contribution in [2.45, 2.75) is 20.8 Å². The van der Waals surface area contributed by atoms with Crippen molar-refractivity contribution >= 4 is 57.5 Å².